The zero-order valence-corrected chi connectivity index (χ0v) is 28.1. The number of carbonyl (C=O) groups excluding carboxylic acids is 3. The van der Waals surface area contributed by atoms with Crippen LogP contribution >= 0.6 is 0 Å². The molecule has 1 fully saturated rings. The van der Waals surface area contributed by atoms with E-state index in [0.717, 1.165) is 19.3 Å². The van der Waals surface area contributed by atoms with Crippen LogP contribution in [0.15, 0.2) is 0 Å². The van der Waals surface area contributed by atoms with Gasteiger partial charge in [0.25, 0.3) is 10.1 Å². The fourth-order valence-electron chi connectivity index (χ4n) is 5.34. The summed E-state index contributed by atoms with van der Waals surface area (Å²) in [4.78, 5) is 36.3. The van der Waals surface area contributed by atoms with E-state index in [-0.39, 0.29) is 13.0 Å². The van der Waals surface area contributed by atoms with E-state index in [1.165, 1.54) is 109 Å². The van der Waals surface area contributed by atoms with Gasteiger partial charge in [0.2, 0.25) is 0 Å². The lowest BCUT2D eigenvalue weighted by molar-refractivity contribution is -0.161. The van der Waals surface area contributed by atoms with Gasteiger partial charge < -0.3 is 19.3 Å². The summed E-state index contributed by atoms with van der Waals surface area (Å²) >= 11 is 0. The van der Waals surface area contributed by atoms with E-state index in [0.29, 0.717) is 6.42 Å². The second-order valence-electron chi connectivity index (χ2n) is 12.6. The molecule has 0 aliphatic carbocycles. The Morgan fingerprint density at radius 1 is 0.750 bits per heavy atom. The molecule has 0 bridgehead atoms. The van der Waals surface area contributed by atoms with Crippen molar-refractivity contribution in [2.75, 3.05) is 26.4 Å². The first kappa shape index (κ1) is 40.3. The SMILES string of the molecule is CCCCCCCCCCCCCCCCCCCCCCCC(=O)OCC1(CO)COC(=O)CC(S(=O)(=O)O)C(=O)OC1. The molecule has 1 rings (SSSR count). The first-order valence-corrected chi connectivity index (χ1v) is 18.7. The number of aliphatic hydroxyl groups is 1. The number of hydrogen-bond acceptors (Lipinski definition) is 9. The summed E-state index contributed by atoms with van der Waals surface area (Å²) in [5.41, 5.74) is -1.43. The molecule has 1 saturated heterocycles. The average molecular weight is 649 g/mol. The Balaban J connectivity index is 2.03. The minimum Gasteiger partial charge on any atom is -0.465 e. The molecule has 0 radical (unpaired) electrons. The van der Waals surface area contributed by atoms with E-state index >= 15 is 0 Å². The molecule has 2 N–H and O–H groups in total. The van der Waals surface area contributed by atoms with E-state index in [4.69, 9.17) is 14.2 Å². The highest BCUT2D eigenvalue weighted by molar-refractivity contribution is 7.87. The van der Waals surface area contributed by atoms with Gasteiger partial charge >= 0.3 is 17.9 Å². The number of unbranched alkanes of at least 4 members (excludes halogenated alkanes) is 20. The van der Waals surface area contributed by atoms with Crippen molar-refractivity contribution in [3.05, 3.63) is 0 Å². The summed E-state index contributed by atoms with van der Waals surface area (Å²) in [7, 11) is -4.89. The lowest BCUT2D eigenvalue weighted by atomic mass is 9.92. The first-order valence-electron chi connectivity index (χ1n) is 17.2. The molecule has 0 aromatic rings. The van der Waals surface area contributed by atoms with Crippen molar-refractivity contribution >= 4 is 28.0 Å². The fraction of sp³-hybridized carbons (Fsp3) is 0.909. The maximum Gasteiger partial charge on any atom is 0.327 e. The van der Waals surface area contributed by atoms with E-state index in [9.17, 15) is 32.5 Å². The molecule has 0 saturated carbocycles. The third-order valence-corrected chi connectivity index (χ3v) is 9.47. The number of ether oxygens (including phenoxy) is 3. The van der Waals surface area contributed by atoms with E-state index < -0.39 is 64.9 Å². The average Bonchev–Trinajstić information content (AvgIpc) is 3.05. The molecule has 258 valence electrons. The van der Waals surface area contributed by atoms with E-state index in [1.807, 2.05) is 0 Å². The van der Waals surface area contributed by atoms with Crippen LogP contribution in [0.2, 0.25) is 0 Å². The number of aliphatic hydroxyl groups excluding tert-OH is 1. The van der Waals surface area contributed by atoms with Gasteiger partial charge in [-0.2, -0.15) is 8.42 Å². The summed E-state index contributed by atoms with van der Waals surface area (Å²) in [6.07, 6.45) is 26.2. The highest BCUT2D eigenvalue weighted by Gasteiger charge is 2.42. The fourth-order valence-corrected chi connectivity index (χ4v) is 6.00. The van der Waals surface area contributed by atoms with Gasteiger partial charge in [-0.3, -0.25) is 18.9 Å². The van der Waals surface area contributed by atoms with Crippen LogP contribution in [-0.2, 0) is 38.7 Å². The van der Waals surface area contributed by atoms with Crippen molar-refractivity contribution < 1.29 is 46.7 Å². The largest absolute Gasteiger partial charge is 0.465 e. The monoisotopic (exact) mass is 648 g/mol. The zero-order valence-electron chi connectivity index (χ0n) is 27.2. The summed E-state index contributed by atoms with van der Waals surface area (Å²) < 4.78 is 47.2. The highest BCUT2D eigenvalue weighted by atomic mass is 32.2. The Bertz CT molecular complexity index is 891. The van der Waals surface area contributed by atoms with Crippen LogP contribution in [-0.4, -0.2) is 67.7 Å². The molecule has 0 spiro atoms. The molecule has 1 aliphatic heterocycles. The quantitative estimate of drug-likeness (QED) is 0.0440. The van der Waals surface area contributed by atoms with Crippen LogP contribution < -0.4 is 0 Å². The van der Waals surface area contributed by atoms with Crippen LogP contribution in [0.5, 0.6) is 0 Å². The lowest BCUT2D eigenvalue weighted by Crippen LogP contribution is -2.42. The minimum atomic E-state index is -4.89. The minimum absolute atomic E-state index is 0.199. The summed E-state index contributed by atoms with van der Waals surface area (Å²) in [6, 6.07) is 0. The number of cyclic esters (lactones) is 2. The molecule has 0 aromatic carbocycles. The predicted molar refractivity (Wildman–Crippen MR) is 170 cm³/mol. The van der Waals surface area contributed by atoms with Crippen molar-refractivity contribution in [1.82, 2.24) is 0 Å². The van der Waals surface area contributed by atoms with Crippen LogP contribution in [0.3, 0.4) is 0 Å². The number of esters is 3. The van der Waals surface area contributed by atoms with Gasteiger partial charge in [-0.1, -0.05) is 135 Å². The van der Waals surface area contributed by atoms with Crippen molar-refractivity contribution in [3.8, 4) is 0 Å². The molecule has 44 heavy (non-hydrogen) atoms. The van der Waals surface area contributed by atoms with Crippen LogP contribution in [0.25, 0.3) is 0 Å². The Kier molecular flexibility index (Phi) is 22.4. The van der Waals surface area contributed by atoms with Crippen molar-refractivity contribution in [3.63, 3.8) is 0 Å². The summed E-state index contributed by atoms with van der Waals surface area (Å²) in [6.45, 7) is 0.257. The third-order valence-electron chi connectivity index (χ3n) is 8.39. The predicted octanol–water partition coefficient (Wildman–Crippen LogP) is 6.86. The third kappa shape index (κ3) is 19.6. The Labute approximate surface area is 266 Å². The van der Waals surface area contributed by atoms with Crippen LogP contribution in [0, 0.1) is 5.41 Å². The van der Waals surface area contributed by atoms with E-state index in [1.54, 1.807) is 0 Å². The number of carbonyl (C=O) groups is 3. The van der Waals surface area contributed by atoms with Gasteiger partial charge in [0.15, 0.2) is 5.25 Å². The molecular weight excluding hydrogens is 588 g/mol. The zero-order chi connectivity index (χ0) is 32.5. The van der Waals surface area contributed by atoms with Gasteiger partial charge in [0.1, 0.15) is 19.8 Å². The van der Waals surface area contributed by atoms with Crippen molar-refractivity contribution in [2.45, 2.75) is 160 Å². The van der Waals surface area contributed by atoms with Gasteiger partial charge in [-0.05, 0) is 6.42 Å². The Morgan fingerprint density at radius 2 is 1.16 bits per heavy atom. The smallest absolute Gasteiger partial charge is 0.327 e. The molecule has 2 unspecified atom stereocenters. The van der Waals surface area contributed by atoms with Gasteiger partial charge in [0, 0.05) is 6.42 Å². The number of hydrogen-bond donors (Lipinski definition) is 2. The number of rotatable bonds is 26. The summed E-state index contributed by atoms with van der Waals surface area (Å²) in [5.74, 6) is -2.88. The highest BCUT2D eigenvalue weighted by Crippen LogP contribution is 2.23. The van der Waals surface area contributed by atoms with Gasteiger partial charge in [-0.25, -0.2) is 0 Å². The lowest BCUT2D eigenvalue weighted by Gasteiger charge is -2.29. The molecule has 10 nitrogen and oxygen atoms in total. The molecule has 0 amide bonds. The van der Waals surface area contributed by atoms with Gasteiger partial charge in [0.05, 0.1) is 18.4 Å². The molecule has 1 heterocycles. The van der Waals surface area contributed by atoms with Crippen LogP contribution in [0.4, 0.5) is 0 Å². The molecular formula is C33H60O10S. The first-order chi connectivity index (χ1) is 21.1. The maximum absolute atomic E-state index is 12.2. The second-order valence-corrected chi connectivity index (χ2v) is 14.2. The normalized spacial score (nSPS) is 19.5. The topological polar surface area (TPSA) is 154 Å². The van der Waals surface area contributed by atoms with Crippen molar-refractivity contribution in [2.24, 2.45) is 5.41 Å². The summed E-state index contributed by atoms with van der Waals surface area (Å²) in [5, 5.41) is 7.76. The molecule has 1 aliphatic rings. The molecule has 11 heteroatoms. The van der Waals surface area contributed by atoms with E-state index in [2.05, 4.69) is 6.92 Å². The van der Waals surface area contributed by atoms with Crippen LogP contribution in [0.1, 0.15) is 155 Å². The van der Waals surface area contributed by atoms with Gasteiger partial charge in [-0.15, -0.1) is 0 Å². The van der Waals surface area contributed by atoms with Crippen molar-refractivity contribution in [1.29, 1.82) is 0 Å². The standard InChI is InChI=1S/C33H60O10S/c1-2-3-4-5-6-7-8-9-10-11-12-13-14-15-16-17-18-19-20-21-22-23-30(35)41-26-33(25-34)27-42-31(36)24-29(44(38,39)40)32(37)43-28-33/h29,34H,2-28H2,1H3,(H,38,39,40). The second kappa shape index (κ2) is 24.5. The molecule has 2 atom stereocenters. The Morgan fingerprint density at radius 3 is 1.57 bits per heavy atom. The maximum atomic E-state index is 12.2. The Hall–Kier alpha value is -1.72. The molecule has 0 aromatic heterocycles.